The maximum Gasteiger partial charge on any atom is 0.330 e. The second-order valence-corrected chi connectivity index (χ2v) is 12.6. The van der Waals surface area contributed by atoms with E-state index in [1.54, 1.807) is 19.1 Å². The minimum absolute atomic E-state index is 0.115. The van der Waals surface area contributed by atoms with E-state index in [9.17, 15) is 19.5 Å². The number of nitrogens with one attached hydrogen (secondary N) is 1. The smallest absolute Gasteiger partial charge is 0.330 e. The largest absolute Gasteiger partial charge is 0.496 e. The highest BCUT2D eigenvalue weighted by Crippen LogP contribution is 2.47. The highest BCUT2D eigenvalue weighted by atomic mass is 16.5. The Morgan fingerprint density at radius 3 is 2.60 bits per heavy atom. The zero-order valence-electron chi connectivity index (χ0n) is 26.2. The number of nitrogens with zero attached hydrogens (tertiary/aromatic N) is 3. The van der Waals surface area contributed by atoms with Crippen molar-refractivity contribution in [1.82, 2.24) is 20.2 Å². The Kier molecular flexibility index (Phi) is 8.24. The molecule has 2 aromatic heterocycles. The van der Waals surface area contributed by atoms with Crippen molar-refractivity contribution in [3.05, 3.63) is 59.8 Å². The van der Waals surface area contributed by atoms with Gasteiger partial charge in [0.2, 0.25) is 11.8 Å². The molecule has 5 unspecified atom stereocenters. The number of methoxy groups -OCH3 is 1. The molecule has 45 heavy (non-hydrogen) atoms. The van der Waals surface area contributed by atoms with E-state index in [0.717, 1.165) is 35.9 Å². The van der Waals surface area contributed by atoms with Crippen molar-refractivity contribution in [3.8, 4) is 22.9 Å². The van der Waals surface area contributed by atoms with Crippen LogP contribution in [-0.4, -0.2) is 70.1 Å². The van der Waals surface area contributed by atoms with Crippen molar-refractivity contribution >= 4 is 28.7 Å². The first-order valence-corrected chi connectivity index (χ1v) is 15.7. The molecule has 3 aliphatic rings. The van der Waals surface area contributed by atoms with Gasteiger partial charge in [-0.05, 0) is 76.6 Å². The molecule has 6 rings (SSSR count). The molecule has 2 fully saturated rings. The molecule has 0 radical (unpaired) electrons. The molecule has 1 aromatic carbocycles. The predicted octanol–water partition coefficient (Wildman–Crippen LogP) is 4.85. The lowest BCUT2D eigenvalue weighted by Gasteiger charge is -2.26. The Hall–Kier alpha value is -4.47. The monoisotopic (exact) mass is 612 g/mol. The van der Waals surface area contributed by atoms with E-state index in [1.807, 2.05) is 62.4 Å². The number of ether oxygens (including phenoxy) is 2. The minimum Gasteiger partial charge on any atom is -0.496 e. The maximum atomic E-state index is 13.8. The summed E-state index contributed by atoms with van der Waals surface area (Å²) in [7, 11) is 3.39. The van der Waals surface area contributed by atoms with Crippen molar-refractivity contribution in [2.24, 2.45) is 17.8 Å². The molecule has 3 heterocycles. The fourth-order valence-corrected chi connectivity index (χ4v) is 6.89. The van der Waals surface area contributed by atoms with Crippen molar-refractivity contribution in [2.45, 2.75) is 64.0 Å². The molecule has 1 aliphatic heterocycles. The molecule has 0 spiro atoms. The summed E-state index contributed by atoms with van der Waals surface area (Å²) in [6.45, 7) is 4.46. The van der Waals surface area contributed by atoms with Gasteiger partial charge in [0.05, 0.1) is 35.9 Å². The number of carboxylic acid groups (broad SMARTS) is 1. The summed E-state index contributed by atoms with van der Waals surface area (Å²) in [5.41, 5.74) is 2.44. The molecule has 10 heteroatoms. The Morgan fingerprint density at radius 1 is 1.04 bits per heavy atom. The van der Waals surface area contributed by atoms with Crippen LogP contribution < -0.4 is 14.8 Å². The summed E-state index contributed by atoms with van der Waals surface area (Å²) >= 11 is 0. The summed E-state index contributed by atoms with van der Waals surface area (Å²) in [4.78, 5) is 51.2. The summed E-state index contributed by atoms with van der Waals surface area (Å²) in [6, 6.07) is 11.4. The SMILES string of the molecule is COc1ccc2c(OC3CC4C(=O)NC5(C(=O)O)CC5/C=C/CCCCN(C)C(=O)C4C3)cc(-c3cccc(C)n3)nc2c1C. The number of rotatable bonds is 5. The predicted molar refractivity (Wildman–Crippen MR) is 169 cm³/mol. The molecule has 236 valence electrons. The van der Waals surface area contributed by atoms with Crippen molar-refractivity contribution in [1.29, 1.82) is 0 Å². The molecule has 0 saturated heterocycles. The third kappa shape index (κ3) is 5.85. The van der Waals surface area contributed by atoms with Gasteiger partial charge in [0.25, 0.3) is 0 Å². The van der Waals surface area contributed by atoms with Gasteiger partial charge in [0.15, 0.2) is 0 Å². The standard InChI is InChI=1S/C35H40N4O6/c1-20-10-9-12-27(36-20)28-18-30(24-13-14-29(44-4)21(2)31(24)37-28)45-23-16-25-26(17-23)33(41)39(3)15-8-6-5-7-11-22-19-35(22,34(42)43)38-32(25)40/h7,9-14,18,22-23,25-26H,5-6,8,15-17,19H2,1-4H3,(H,38,40)(H,42,43)/b11-7+. The van der Waals surface area contributed by atoms with E-state index >= 15 is 0 Å². The van der Waals surface area contributed by atoms with E-state index in [1.165, 1.54) is 0 Å². The first-order valence-electron chi connectivity index (χ1n) is 15.7. The zero-order valence-corrected chi connectivity index (χ0v) is 26.2. The van der Waals surface area contributed by atoms with Crippen LogP contribution in [0.2, 0.25) is 0 Å². The molecule has 5 atom stereocenters. The number of amides is 2. The number of carbonyl (C=O) groups excluding carboxylic acids is 2. The van der Waals surface area contributed by atoms with Gasteiger partial charge in [-0.25, -0.2) is 9.78 Å². The number of pyridine rings is 2. The van der Waals surface area contributed by atoms with Gasteiger partial charge in [-0.1, -0.05) is 18.2 Å². The molecular formula is C35H40N4O6. The van der Waals surface area contributed by atoms with Gasteiger partial charge in [-0.2, -0.15) is 0 Å². The molecule has 0 bridgehead atoms. The summed E-state index contributed by atoms with van der Waals surface area (Å²) < 4.78 is 12.3. The average Bonchev–Trinajstić information content (AvgIpc) is 3.56. The number of hydrogen-bond acceptors (Lipinski definition) is 7. The number of aromatic nitrogens is 2. The molecule has 2 N–H and O–H groups in total. The first kappa shape index (κ1) is 30.6. The van der Waals surface area contributed by atoms with Gasteiger partial charge in [-0.3, -0.25) is 14.6 Å². The average molecular weight is 613 g/mol. The maximum absolute atomic E-state index is 13.8. The van der Waals surface area contributed by atoms with Crippen LogP contribution in [0.1, 0.15) is 49.8 Å². The summed E-state index contributed by atoms with van der Waals surface area (Å²) in [6.07, 6.45) is 6.93. The quantitative estimate of drug-likeness (QED) is 0.391. The Bertz CT molecular complexity index is 1690. The van der Waals surface area contributed by atoms with E-state index in [0.29, 0.717) is 47.8 Å². The third-order valence-electron chi connectivity index (χ3n) is 9.59. The van der Waals surface area contributed by atoms with Crippen LogP contribution in [0.15, 0.2) is 48.6 Å². The molecular weight excluding hydrogens is 572 g/mol. The van der Waals surface area contributed by atoms with Gasteiger partial charge in [0, 0.05) is 42.2 Å². The van der Waals surface area contributed by atoms with E-state index in [4.69, 9.17) is 14.5 Å². The van der Waals surface area contributed by atoms with Crippen LogP contribution in [0.3, 0.4) is 0 Å². The van der Waals surface area contributed by atoms with Gasteiger partial charge in [0.1, 0.15) is 23.1 Å². The molecule has 2 aliphatic carbocycles. The van der Waals surface area contributed by atoms with Crippen LogP contribution in [-0.2, 0) is 14.4 Å². The van der Waals surface area contributed by atoms with E-state index in [2.05, 4.69) is 10.3 Å². The second-order valence-electron chi connectivity index (χ2n) is 12.6. The lowest BCUT2D eigenvalue weighted by atomic mass is 9.93. The number of carbonyl (C=O) groups is 3. The lowest BCUT2D eigenvalue weighted by molar-refractivity contribution is -0.145. The van der Waals surface area contributed by atoms with Crippen molar-refractivity contribution < 1.29 is 29.0 Å². The van der Waals surface area contributed by atoms with Crippen molar-refractivity contribution in [3.63, 3.8) is 0 Å². The van der Waals surface area contributed by atoms with Crippen LogP contribution in [0, 0.1) is 31.6 Å². The van der Waals surface area contributed by atoms with Crippen molar-refractivity contribution in [2.75, 3.05) is 20.7 Å². The Morgan fingerprint density at radius 2 is 1.84 bits per heavy atom. The number of carboxylic acids is 1. The lowest BCUT2D eigenvalue weighted by Crippen LogP contribution is -2.49. The van der Waals surface area contributed by atoms with E-state index in [-0.39, 0.29) is 18.2 Å². The molecule has 10 nitrogen and oxygen atoms in total. The summed E-state index contributed by atoms with van der Waals surface area (Å²) in [5.74, 6) is -1.90. The highest BCUT2D eigenvalue weighted by Gasteiger charge is 2.61. The normalized spacial score (nSPS) is 27.6. The third-order valence-corrected chi connectivity index (χ3v) is 9.59. The zero-order chi connectivity index (χ0) is 31.9. The van der Waals surface area contributed by atoms with Crippen LogP contribution in [0.4, 0.5) is 0 Å². The number of allylic oxidation sites excluding steroid dienone is 1. The van der Waals surface area contributed by atoms with E-state index < -0.39 is 35.4 Å². The summed E-state index contributed by atoms with van der Waals surface area (Å²) in [5, 5.41) is 13.7. The van der Waals surface area contributed by atoms with Gasteiger partial charge in [-0.15, -0.1) is 0 Å². The topological polar surface area (TPSA) is 131 Å². The van der Waals surface area contributed by atoms with Gasteiger partial charge >= 0.3 is 5.97 Å². The van der Waals surface area contributed by atoms with Crippen LogP contribution in [0.5, 0.6) is 11.5 Å². The number of aliphatic carboxylic acids is 1. The molecule has 3 aromatic rings. The highest BCUT2D eigenvalue weighted by molar-refractivity contribution is 5.94. The number of benzene rings is 1. The first-order chi connectivity index (χ1) is 21.6. The fraction of sp³-hybridized carbons (Fsp3) is 0.457. The molecule has 2 amide bonds. The van der Waals surface area contributed by atoms with Crippen LogP contribution in [0.25, 0.3) is 22.3 Å². The van der Waals surface area contributed by atoms with Gasteiger partial charge < -0.3 is 24.8 Å². The molecule has 2 saturated carbocycles. The Balaban J connectivity index is 1.35. The minimum atomic E-state index is -1.33. The number of hydrogen-bond donors (Lipinski definition) is 2. The Labute approximate surface area is 262 Å². The number of aryl methyl sites for hydroxylation is 2. The second kappa shape index (κ2) is 12.1. The van der Waals surface area contributed by atoms with Crippen LogP contribution >= 0.6 is 0 Å². The number of fused-ring (bicyclic) bond motifs is 3. The fourth-order valence-electron chi connectivity index (χ4n) is 6.89.